The molecule has 1 aromatic heterocycles. The Labute approximate surface area is 181 Å². The van der Waals surface area contributed by atoms with E-state index in [1.807, 2.05) is 60.4 Å². The molecule has 1 amide bonds. The van der Waals surface area contributed by atoms with Gasteiger partial charge in [-0.3, -0.25) is 4.79 Å². The Balaban J connectivity index is 1.37. The van der Waals surface area contributed by atoms with E-state index in [2.05, 4.69) is 10.2 Å². The highest BCUT2D eigenvalue weighted by Gasteiger charge is 2.27. The van der Waals surface area contributed by atoms with E-state index in [4.69, 9.17) is 4.74 Å². The van der Waals surface area contributed by atoms with Crippen LogP contribution in [0.3, 0.4) is 0 Å². The normalized spacial score (nSPS) is 14.6. The number of carbonyl (C=O) groups excluding carboxylic acids is 1. The zero-order valence-electron chi connectivity index (χ0n) is 18.0. The van der Waals surface area contributed by atoms with Crippen LogP contribution in [-0.4, -0.2) is 45.8 Å². The zero-order chi connectivity index (χ0) is 21.8. The minimum Gasteiger partial charge on any atom is -0.497 e. The number of likely N-dealkylation sites (tertiary alicyclic amines) is 1. The summed E-state index contributed by atoms with van der Waals surface area (Å²) in [5, 5.41) is 6.91. The molecule has 1 N–H and O–H groups in total. The average Bonchev–Trinajstić information content (AvgIpc) is 3.19. The highest BCUT2D eigenvalue weighted by molar-refractivity contribution is 5.76. The van der Waals surface area contributed by atoms with Gasteiger partial charge in [0, 0.05) is 25.4 Å². The zero-order valence-corrected chi connectivity index (χ0v) is 18.0. The summed E-state index contributed by atoms with van der Waals surface area (Å²) in [4.78, 5) is 27.0. The number of piperidine rings is 1. The van der Waals surface area contributed by atoms with Gasteiger partial charge in [0.15, 0.2) is 0 Å². The molecule has 1 fully saturated rings. The van der Waals surface area contributed by atoms with Crippen LogP contribution in [0.15, 0.2) is 53.3 Å². The van der Waals surface area contributed by atoms with Crippen molar-refractivity contribution < 1.29 is 9.53 Å². The molecular weight excluding hydrogens is 392 g/mol. The Morgan fingerprint density at radius 2 is 1.90 bits per heavy atom. The van der Waals surface area contributed by atoms with E-state index >= 15 is 0 Å². The van der Waals surface area contributed by atoms with Crippen LogP contribution in [0, 0.1) is 6.92 Å². The summed E-state index contributed by atoms with van der Waals surface area (Å²) in [6.45, 7) is 3.37. The Bertz CT molecular complexity index is 1090. The van der Waals surface area contributed by atoms with Crippen molar-refractivity contribution in [3.05, 3.63) is 76.0 Å². The summed E-state index contributed by atoms with van der Waals surface area (Å²) in [7, 11) is 1.64. The summed E-state index contributed by atoms with van der Waals surface area (Å²) < 4.78 is 6.91. The van der Waals surface area contributed by atoms with Crippen molar-refractivity contribution in [2.75, 3.05) is 20.2 Å². The second-order valence-corrected chi connectivity index (χ2v) is 8.06. The molecule has 0 bridgehead atoms. The predicted octanol–water partition coefficient (Wildman–Crippen LogP) is 3.22. The number of rotatable bonds is 6. The highest BCUT2D eigenvalue weighted by atomic mass is 16.5. The Hall–Kier alpha value is -3.35. The van der Waals surface area contributed by atoms with Gasteiger partial charge in [-0.15, -0.1) is 0 Å². The van der Waals surface area contributed by atoms with Gasteiger partial charge in [0.05, 0.1) is 12.8 Å². The molecule has 0 atom stereocenters. The van der Waals surface area contributed by atoms with Gasteiger partial charge < -0.3 is 9.64 Å². The standard InChI is InChI=1S/C24H28N4O3/c1-17-6-9-20(10-7-17)28-23(25-26-24(28)30)19-12-14-27(15-13-19)22(29)11-8-18-4-3-5-21(16-18)31-2/h3-7,9-10,16,19H,8,11-15H2,1-2H3,(H,26,30). The molecule has 0 unspecified atom stereocenters. The number of nitrogens with one attached hydrogen (secondary N) is 1. The van der Waals surface area contributed by atoms with Crippen molar-refractivity contribution in [2.45, 2.75) is 38.5 Å². The van der Waals surface area contributed by atoms with Gasteiger partial charge in [0.1, 0.15) is 11.6 Å². The lowest BCUT2D eigenvalue weighted by molar-refractivity contribution is -0.132. The lowest BCUT2D eigenvalue weighted by Gasteiger charge is -2.31. The fourth-order valence-corrected chi connectivity index (χ4v) is 4.15. The monoisotopic (exact) mass is 420 g/mol. The summed E-state index contributed by atoms with van der Waals surface area (Å²) in [5.41, 5.74) is 2.83. The molecular formula is C24H28N4O3. The number of H-pyrrole nitrogens is 1. The first-order valence-electron chi connectivity index (χ1n) is 10.7. The fraction of sp³-hybridized carbons (Fsp3) is 0.375. The molecule has 31 heavy (non-hydrogen) atoms. The maximum absolute atomic E-state index is 12.7. The van der Waals surface area contributed by atoms with Crippen molar-refractivity contribution in [2.24, 2.45) is 0 Å². The molecule has 1 aliphatic rings. The minimum absolute atomic E-state index is 0.141. The van der Waals surface area contributed by atoms with Crippen LogP contribution in [0.1, 0.15) is 42.1 Å². The Morgan fingerprint density at radius 1 is 1.16 bits per heavy atom. The van der Waals surface area contributed by atoms with Gasteiger partial charge in [-0.05, 0) is 56.0 Å². The van der Waals surface area contributed by atoms with E-state index in [-0.39, 0.29) is 17.5 Å². The molecule has 2 heterocycles. The maximum atomic E-state index is 12.7. The van der Waals surface area contributed by atoms with Gasteiger partial charge in [0.2, 0.25) is 5.91 Å². The number of methoxy groups -OCH3 is 1. The lowest BCUT2D eigenvalue weighted by atomic mass is 9.95. The minimum atomic E-state index is -0.226. The van der Waals surface area contributed by atoms with E-state index in [0.29, 0.717) is 25.9 Å². The van der Waals surface area contributed by atoms with Crippen LogP contribution in [0.25, 0.3) is 5.69 Å². The van der Waals surface area contributed by atoms with Crippen LogP contribution < -0.4 is 10.4 Å². The molecule has 4 rings (SSSR count). The van der Waals surface area contributed by atoms with Crippen LogP contribution >= 0.6 is 0 Å². The van der Waals surface area contributed by atoms with Crippen LogP contribution in [0.2, 0.25) is 0 Å². The van der Waals surface area contributed by atoms with Gasteiger partial charge in [-0.1, -0.05) is 29.8 Å². The average molecular weight is 421 g/mol. The third-order valence-corrected chi connectivity index (χ3v) is 5.96. The number of ether oxygens (including phenoxy) is 1. The van der Waals surface area contributed by atoms with Crippen molar-refractivity contribution in [1.29, 1.82) is 0 Å². The second-order valence-electron chi connectivity index (χ2n) is 8.06. The first-order valence-corrected chi connectivity index (χ1v) is 10.7. The molecule has 0 aliphatic carbocycles. The van der Waals surface area contributed by atoms with Crippen molar-refractivity contribution >= 4 is 5.91 Å². The van der Waals surface area contributed by atoms with Crippen molar-refractivity contribution in [3.8, 4) is 11.4 Å². The number of aryl methyl sites for hydroxylation is 2. The molecule has 3 aromatic rings. The predicted molar refractivity (Wildman–Crippen MR) is 119 cm³/mol. The molecule has 1 aliphatic heterocycles. The summed E-state index contributed by atoms with van der Waals surface area (Å²) in [5.74, 6) is 1.86. The number of amides is 1. The van der Waals surface area contributed by atoms with E-state index in [0.717, 1.165) is 41.2 Å². The van der Waals surface area contributed by atoms with Gasteiger partial charge in [-0.2, -0.15) is 5.10 Å². The van der Waals surface area contributed by atoms with E-state index < -0.39 is 0 Å². The summed E-state index contributed by atoms with van der Waals surface area (Å²) >= 11 is 0. The molecule has 2 aromatic carbocycles. The molecule has 7 nitrogen and oxygen atoms in total. The van der Waals surface area contributed by atoms with Crippen LogP contribution in [-0.2, 0) is 11.2 Å². The third kappa shape index (κ3) is 4.71. The van der Waals surface area contributed by atoms with Gasteiger partial charge in [-0.25, -0.2) is 14.5 Å². The number of nitrogens with zero attached hydrogens (tertiary/aromatic N) is 3. The van der Waals surface area contributed by atoms with E-state index in [9.17, 15) is 9.59 Å². The molecule has 1 saturated heterocycles. The van der Waals surface area contributed by atoms with Gasteiger partial charge >= 0.3 is 5.69 Å². The summed E-state index contributed by atoms with van der Waals surface area (Å²) in [6, 6.07) is 15.7. The second kappa shape index (κ2) is 9.20. The number of hydrogen-bond acceptors (Lipinski definition) is 4. The third-order valence-electron chi connectivity index (χ3n) is 5.96. The first kappa shape index (κ1) is 20.9. The van der Waals surface area contributed by atoms with Crippen molar-refractivity contribution in [1.82, 2.24) is 19.7 Å². The van der Waals surface area contributed by atoms with Crippen LogP contribution in [0.4, 0.5) is 0 Å². The molecule has 162 valence electrons. The van der Waals surface area contributed by atoms with Gasteiger partial charge in [0.25, 0.3) is 0 Å². The Morgan fingerprint density at radius 3 is 2.61 bits per heavy atom. The molecule has 7 heteroatoms. The quantitative estimate of drug-likeness (QED) is 0.664. The summed E-state index contributed by atoms with van der Waals surface area (Å²) in [6.07, 6.45) is 2.76. The number of aromatic amines is 1. The topological polar surface area (TPSA) is 80.2 Å². The SMILES string of the molecule is COc1cccc(CCC(=O)N2CCC(c3n[nH]c(=O)n3-c3ccc(C)cc3)CC2)c1. The highest BCUT2D eigenvalue weighted by Crippen LogP contribution is 2.28. The number of benzene rings is 2. The first-order chi connectivity index (χ1) is 15.0. The van der Waals surface area contributed by atoms with Crippen molar-refractivity contribution in [3.63, 3.8) is 0 Å². The number of aromatic nitrogens is 3. The molecule has 0 radical (unpaired) electrons. The lowest BCUT2D eigenvalue weighted by Crippen LogP contribution is -2.38. The number of hydrogen-bond donors (Lipinski definition) is 1. The molecule has 0 saturated carbocycles. The smallest absolute Gasteiger partial charge is 0.347 e. The number of carbonyl (C=O) groups is 1. The maximum Gasteiger partial charge on any atom is 0.347 e. The fourth-order valence-electron chi connectivity index (χ4n) is 4.15. The largest absolute Gasteiger partial charge is 0.497 e. The van der Waals surface area contributed by atoms with E-state index in [1.54, 1.807) is 11.7 Å². The van der Waals surface area contributed by atoms with Crippen LogP contribution in [0.5, 0.6) is 5.75 Å². The Kier molecular flexibility index (Phi) is 6.21. The van der Waals surface area contributed by atoms with E-state index in [1.165, 1.54) is 0 Å². The molecule has 0 spiro atoms.